The maximum absolute atomic E-state index is 13.3. The second kappa shape index (κ2) is 5.55. The Morgan fingerprint density at radius 3 is 2.39 bits per heavy atom. The van der Waals surface area contributed by atoms with Crippen LogP contribution in [0.5, 0.6) is 0 Å². The van der Waals surface area contributed by atoms with E-state index < -0.39 is 0 Å². The largest absolute Gasteiger partial charge is 0.313 e. The van der Waals surface area contributed by atoms with Crippen molar-refractivity contribution in [2.75, 3.05) is 0 Å². The predicted octanol–water partition coefficient (Wildman–Crippen LogP) is 5.27. The molecule has 3 heteroatoms. The summed E-state index contributed by atoms with van der Waals surface area (Å²) >= 11 is 0. The molecule has 0 saturated carbocycles. The van der Waals surface area contributed by atoms with E-state index in [2.05, 4.69) is 43.5 Å². The molecule has 0 aliphatic rings. The zero-order chi connectivity index (χ0) is 16.6. The highest BCUT2D eigenvalue weighted by Gasteiger charge is 2.29. The van der Waals surface area contributed by atoms with E-state index in [1.807, 2.05) is 12.1 Å². The van der Waals surface area contributed by atoms with Crippen molar-refractivity contribution in [1.29, 1.82) is 5.26 Å². The fraction of sp³-hybridized carbons (Fsp3) is 0.250. The van der Waals surface area contributed by atoms with Gasteiger partial charge in [-0.15, -0.1) is 0 Å². The maximum atomic E-state index is 13.3. The Labute approximate surface area is 135 Å². The van der Waals surface area contributed by atoms with Crippen molar-refractivity contribution >= 4 is 10.9 Å². The molecule has 0 atom stereocenters. The molecule has 0 unspecified atom stereocenters. The van der Waals surface area contributed by atoms with Gasteiger partial charge in [0, 0.05) is 28.6 Å². The number of fused-ring (bicyclic) bond motifs is 1. The number of nitriles is 1. The average Bonchev–Trinajstić information content (AvgIpc) is 2.82. The van der Waals surface area contributed by atoms with Crippen molar-refractivity contribution in [2.45, 2.75) is 32.6 Å². The molecule has 116 valence electrons. The minimum absolute atomic E-state index is 0.250. The van der Waals surface area contributed by atoms with Gasteiger partial charge < -0.3 is 4.57 Å². The van der Waals surface area contributed by atoms with Gasteiger partial charge in [-0.25, -0.2) is 4.39 Å². The van der Waals surface area contributed by atoms with Crippen molar-refractivity contribution in [2.24, 2.45) is 0 Å². The van der Waals surface area contributed by atoms with Crippen LogP contribution in [0.2, 0.25) is 0 Å². The van der Waals surface area contributed by atoms with E-state index in [0.717, 1.165) is 22.3 Å². The number of benzene rings is 2. The fourth-order valence-corrected chi connectivity index (χ4v) is 3.35. The standard InChI is InChI=1S/C20H19FN2/c1-14-17-6-4-5-7-18(17)23(16-10-8-15(21)9-11-16)19(14)20(2,3)12-13-22/h4-11H,12H2,1-3H3. The van der Waals surface area contributed by atoms with Crippen LogP contribution in [-0.2, 0) is 5.41 Å². The van der Waals surface area contributed by atoms with E-state index in [-0.39, 0.29) is 11.2 Å². The number of aryl methyl sites for hydroxylation is 1. The third kappa shape index (κ3) is 2.51. The number of nitrogens with zero attached hydrogens (tertiary/aromatic N) is 2. The lowest BCUT2D eigenvalue weighted by atomic mass is 9.83. The summed E-state index contributed by atoms with van der Waals surface area (Å²) in [5.74, 6) is -0.250. The molecular formula is C20H19FN2. The van der Waals surface area contributed by atoms with Gasteiger partial charge in [-0.1, -0.05) is 32.0 Å². The first kappa shape index (κ1) is 15.3. The number of hydrogen-bond acceptors (Lipinski definition) is 1. The minimum Gasteiger partial charge on any atom is -0.313 e. The summed E-state index contributed by atoms with van der Waals surface area (Å²) in [6, 6.07) is 17.0. The van der Waals surface area contributed by atoms with Crippen LogP contribution in [0.3, 0.4) is 0 Å². The van der Waals surface area contributed by atoms with E-state index >= 15 is 0 Å². The summed E-state index contributed by atoms with van der Waals surface area (Å²) in [5, 5.41) is 10.4. The Kier molecular flexibility index (Phi) is 3.69. The number of hydrogen-bond donors (Lipinski definition) is 0. The number of para-hydroxylation sites is 1. The molecule has 1 aromatic heterocycles. The zero-order valence-electron chi connectivity index (χ0n) is 13.6. The lowest BCUT2D eigenvalue weighted by Gasteiger charge is -2.25. The molecule has 0 bridgehead atoms. The van der Waals surface area contributed by atoms with Crippen LogP contribution in [-0.4, -0.2) is 4.57 Å². The third-order valence-corrected chi connectivity index (χ3v) is 4.37. The molecule has 0 fully saturated rings. The quantitative estimate of drug-likeness (QED) is 0.648. The average molecular weight is 306 g/mol. The van der Waals surface area contributed by atoms with Gasteiger partial charge in [0.25, 0.3) is 0 Å². The summed E-state index contributed by atoms with van der Waals surface area (Å²) in [5.41, 5.74) is 3.97. The van der Waals surface area contributed by atoms with Crippen molar-refractivity contribution in [3.8, 4) is 11.8 Å². The Hall–Kier alpha value is -2.60. The van der Waals surface area contributed by atoms with Gasteiger partial charge in [0.1, 0.15) is 5.82 Å². The summed E-state index contributed by atoms with van der Waals surface area (Å²) < 4.78 is 15.5. The second-order valence-electron chi connectivity index (χ2n) is 6.52. The molecule has 23 heavy (non-hydrogen) atoms. The maximum Gasteiger partial charge on any atom is 0.123 e. The lowest BCUT2D eigenvalue weighted by Crippen LogP contribution is -2.21. The smallest absolute Gasteiger partial charge is 0.123 e. The van der Waals surface area contributed by atoms with Crippen LogP contribution in [0, 0.1) is 24.1 Å². The monoisotopic (exact) mass is 306 g/mol. The zero-order valence-corrected chi connectivity index (χ0v) is 13.6. The van der Waals surface area contributed by atoms with Crippen molar-refractivity contribution in [3.05, 3.63) is 65.6 Å². The molecule has 1 heterocycles. The van der Waals surface area contributed by atoms with Gasteiger partial charge in [-0.2, -0.15) is 5.26 Å². The van der Waals surface area contributed by atoms with Crippen LogP contribution in [0.1, 0.15) is 31.5 Å². The van der Waals surface area contributed by atoms with Crippen LogP contribution in [0.4, 0.5) is 4.39 Å². The van der Waals surface area contributed by atoms with Gasteiger partial charge >= 0.3 is 0 Å². The van der Waals surface area contributed by atoms with E-state index in [1.54, 1.807) is 12.1 Å². The molecule has 0 saturated heterocycles. The Morgan fingerprint density at radius 1 is 1.09 bits per heavy atom. The molecule has 0 spiro atoms. The van der Waals surface area contributed by atoms with E-state index in [4.69, 9.17) is 0 Å². The van der Waals surface area contributed by atoms with Gasteiger partial charge in [0.15, 0.2) is 0 Å². The van der Waals surface area contributed by atoms with Crippen LogP contribution < -0.4 is 0 Å². The van der Waals surface area contributed by atoms with Crippen LogP contribution in [0.25, 0.3) is 16.6 Å². The second-order valence-corrected chi connectivity index (χ2v) is 6.52. The first-order valence-electron chi connectivity index (χ1n) is 7.69. The highest BCUT2D eigenvalue weighted by molar-refractivity contribution is 5.87. The lowest BCUT2D eigenvalue weighted by molar-refractivity contribution is 0.511. The topological polar surface area (TPSA) is 28.7 Å². The number of rotatable bonds is 3. The molecule has 2 aromatic carbocycles. The van der Waals surface area contributed by atoms with E-state index in [0.29, 0.717) is 6.42 Å². The summed E-state index contributed by atoms with van der Waals surface area (Å²) in [7, 11) is 0. The SMILES string of the molecule is Cc1c(C(C)(C)CC#N)n(-c2ccc(F)cc2)c2ccccc12. The van der Waals surface area contributed by atoms with Crippen LogP contribution >= 0.6 is 0 Å². The fourth-order valence-electron chi connectivity index (χ4n) is 3.35. The molecule has 3 rings (SSSR count). The first-order chi connectivity index (χ1) is 11.0. The normalized spacial score (nSPS) is 11.6. The molecular weight excluding hydrogens is 287 g/mol. The summed E-state index contributed by atoms with van der Waals surface area (Å²) in [6.07, 6.45) is 0.422. The van der Waals surface area contributed by atoms with Crippen molar-refractivity contribution in [3.63, 3.8) is 0 Å². The Balaban J connectivity index is 2.39. The first-order valence-corrected chi connectivity index (χ1v) is 7.69. The Bertz CT molecular complexity index is 896. The van der Waals surface area contributed by atoms with Crippen LogP contribution in [0.15, 0.2) is 48.5 Å². The Morgan fingerprint density at radius 2 is 1.74 bits per heavy atom. The number of halogens is 1. The van der Waals surface area contributed by atoms with Gasteiger partial charge in [-0.3, -0.25) is 0 Å². The van der Waals surface area contributed by atoms with Gasteiger partial charge in [-0.05, 0) is 42.8 Å². The molecule has 2 nitrogen and oxygen atoms in total. The van der Waals surface area contributed by atoms with Crippen molar-refractivity contribution in [1.82, 2.24) is 4.57 Å². The molecule has 0 aliphatic carbocycles. The third-order valence-electron chi connectivity index (χ3n) is 4.37. The van der Waals surface area contributed by atoms with Gasteiger partial charge in [0.2, 0.25) is 0 Å². The molecule has 0 radical (unpaired) electrons. The summed E-state index contributed by atoms with van der Waals surface area (Å²) in [6.45, 7) is 6.26. The molecule has 0 aliphatic heterocycles. The predicted molar refractivity (Wildman–Crippen MR) is 91.2 cm³/mol. The van der Waals surface area contributed by atoms with E-state index in [9.17, 15) is 9.65 Å². The molecule has 0 N–H and O–H groups in total. The summed E-state index contributed by atoms with van der Waals surface area (Å²) in [4.78, 5) is 0. The minimum atomic E-state index is -0.299. The molecule has 3 aromatic rings. The van der Waals surface area contributed by atoms with E-state index in [1.165, 1.54) is 17.7 Å². The highest BCUT2D eigenvalue weighted by atomic mass is 19.1. The number of aromatic nitrogens is 1. The molecule has 0 amide bonds. The van der Waals surface area contributed by atoms with Gasteiger partial charge in [0.05, 0.1) is 11.6 Å². The highest BCUT2D eigenvalue weighted by Crippen LogP contribution is 2.38. The van der Waals surface area contributed by atoms with Crippen molar-refractivity contribution < 1.29 is 4.39 Å².